The van der Waals surface area contributed by atoms with Gasteiger partial charge in [-0.3, -0.25) is 0 Å². The van der Waals surface area contributed by atoms with Gasteiger partial charge >= 0.3 is 0 Å². The van der Waals surface area contributed by atoms with Crippen molar-refractivity contribution in [1.29, 1.82) is 0 Å². The fourth-order valence-corrected chi connectivity index (χ4v) is 4.53. The van der Waals surface area contributed by atoms with Crippen molar-refractivity contribution in [3.8, 4) is 0 Å². The fourth-order valence-electron chi connectivity index (χ4n) is 2.38. The first kappa shape index (κ1) is 20.2. The zero-order chi connectivity index (χ0) is 20.9. The van der Waals surface area contributed by atoms with E-state index in [0.29, 0.717) is 0 Å². The lowest BCUT2D eigenvalue weighted by atomic mass is 10.3. The van der Waals surface area contributed by atoms with Crippen molar-refractivity contribution < 1.29 is 0 Å². The first-order valence-electron chi connectivity index (χ1n) is 8.70. The first-order valence-corrected chi connectivity index (χ1v) is 11.3. The van der Waals surface area contributed by atoms with Crippen LogP contribution in [0.5, 0.6) is 0 Å². The summed E-state index contributed by atoms with van der Waals surface area (Å²) >= 11 is 4.83. The molecule has 0 unspecified atom stereocenters. The molecule has 6 rings (SSSR count). The van der Waals surface area contributed by atoms with Crippen molar-refractivity contribution in [1.82, 2.24) is 45.5 Å². The molecule has 0 atom stereocenters. The Morgan fingerprint density at radius 2 is 1.57 bits per heavy atom. The average molecular weight is 454 g/mol. The Morgan fingerprint density at radius 1 is 0.767 bits per heavy atom. The lowest BCUT2D eigenvalue weighted by molar-refractivity contribution is 1.01. The molecule has 0 aliphatic rings. The normalized spacial score (nSPS) is 10.5. The second-order valence-corrected chi connectivity index (χ2v) is 8.99. The summed E-state index contributed by atoms with van der Waals surface area (Å²) in [5.74, 6) is 0. The van der Waals surface area contributed by atoms with Crippen LogP contribution >= 0.6 is 34.0 Å². The van der Waals surface area contributed by atoms with Crippen molar-refractivity contribution >= 4 is 65.1 Å². The second-order valence-electron chi connectivity index (χ2n) is 6.01. The van der Waals surface area contributed by atoms with Crippen molar-refractivity contribution in [2.45, 2.75) is 20.8 Å². The average Bonchev–Trinajstić information content (AvgIpc) is 3.47. The number of nitrogens with zero attached hydrogens (tertiary/aromatic N) is 9. The highest BCUT2D eigenvalue weighted by Gasteiger charge is 2.00. The standard InChI is InChI=1S/3C6H5N3S/c1-4-2-8-9-6-5(4)10-3-7-6;1-4-2-5-6(9-8-4)7-3-10-5;1-4-8-6-5(10-4)2-3-7-9-6/h3*2-3H,1H3. The number of hydrogen-bond donors (Lipinski definition) is 0. The Labute approximate surface area is 183 Å². The van der Waals surface area contributed by atoms with Gasteiger partial charge in [-0.2, -0.15) is 15.3 Å². The minimum atomic E-state index is 0.746. The van der Waals surface area contributed by atoms with Gasteiger partial charge in [0.25, 0.3) is 0 Å². The van der Waals surface area contributed by atoms with Crippen LogP contribution in [-0.4, -0.2) is 45.5 Å². The molecule has 0 spiro atoms. The van der Waals surface area contributed by atoms with Gasteiger partial charge in [-0.25, -0.2) is 15.0 Å². The number of thiazole rings is 3. The summed E-state index contributed by atoms with van der Waals surface area (Å²) in [4.78, 5) is 12.2. The Balaban J connectivity index is 0.000000109. The molecule has 0 saturated heterocycles. The summed E-state index contributed by atoms with van der Waals surface area (Å²) in [5.41, 5.74) is 7.90. The Morgan fingerprint density at radius 3 is 2.40 bits per heavy atom. The van der Waals surface area contributed by atoms with Gasteiger partial charge in [-0.1, -0.05) is 0 Å². The highest BCUT2D eigenvalue weighted by atomic mass is 32.1. The summed E-state index contributed by atoms with van der Waals surface area (Å²) in [5, 5.41) is 24.0. The SMILES string of the molecule is Cc1cc2scnc2nn1.Cc1cnnc2ncsc12.Cc1nc2nnccc2s1. The van der Waals surface area contributed by atoms with Crippen LogP contribution in [0, 0.1) is 20.8 Å². The minimum absolute atomic E-state index is 0.746. The summed E-state index contributed by atoms with van der Waals surface area (Å²) in [6.07, 6.45) is 3.43. The van der Waals surface area contributed by atoms with Gasteiger partial charge in [0.1, 0.15) is 0 Å². The van der Waals surface area contributed by atoms with E-state index < -0.39 is 0 Å². The Hall–Kier alpha value is -3.09. The molecule has 6 aromatic rings. The maximum absolute atomic E-state index is 4.16. The van der Waals surface area contributed by atoms with Gasteiger partial charge < -0.3 is 0 Å². The molecule has 0 bridgehead atoms. The molecule has 0 N–H and O–H groups in total. The smallest absolute Gasteiger partial charge is 0.192 e. The molecule has 0 aromatic carbocycles. The van der Waals surface area contributed by atoms with Crippen LogP contribution < -0.4 is 0 Å². The van der Waals surface area contributed by atoms with Gasteiger partial charge in [0.15, 0.2) is 16.9 Å². The third kappa shape index (κ3) is 4.72. The largest absolute Gasteiger partial charge is 0.223 e. The van der Waals surface area contributed by atoms with E-state index in [-0.39, 0.29) is 0 Å². The summed E-state index contributed by atoms with van der Waals surface area (Å²) in [7, 11) is 0. The molecule has 0 radical (unpaired) electrons. The van der Waals surface area contributed by atoms with Gasteiger partial charge in [0.2, 0.25) is 0 Å². The van der Waals surface area contributed by atoms with Crippen LogP contribution in [0.2, 0.25) is 0 Å². The molecule has 0 aliphatic heterocycles. The molecule has 12 heteroatoms. The zero-order valence-electron chi connectivity index (χ0n) is 16.2. The van der Waals surface area contributed by atoms with Crippen molar-refractivity contribution in [3.05, 3.63) is 51.8 Å². The number of aryl methyl sites for hydroxylation is 3. The predicted octanol–water partition coefficient (Wildman–Crippen LogP) is 4.18. The topological polar surface area (TPSA) is 116 Å². The third-order valence-electron chi connectivity index (χ3n) is 3.71. The molecule has 6 aromatic heterocycles. The molecule has 30 heavy (non-hydrogen) atoms. The highest BCUT2D eigenvalue weighted by molar-refractivity contribution is 7.18. The number of rotatable bonds is 0. The maximum Gasteiger partial charge on any atom is 0.192 e. The van der Waals surface area contributed by atoms with E-state index >= 15 is 0 Å². The number of fused-ring (bicyclic) bond motifs is 3. The second kappa shape index (κ2) is 9.15. The van der Waals surface area contributed by atoms with Crippen LogP contribution in [0.3, 0.4) is 0 Å². The van der Waals surface area contributed by atoms with Crippen molar-refractivity contribution in [3.63, 3.8) is 0 Å². The monoisotopic (exact) mass is 453 g/mol. The van der Waals surface area contributed by atoms with E-state index in [0.717, 1.165) is 47.3 Å². The van der Waals surface area contributed by atoms with Gasteiger partial charge in [-0.05, 0) is 38.5 Å². The molecule has 0 amide bonds. The van der Waals surface area contributed by atoms with E-state index in [1.807, 2.05) is 32.9 Å². The van der Waals surface area contributed by atoms with Crippen LogP contribution in [0.1, 0.15) is 16.3 Å². The van der Waals surface area contributed by atoms with Crippen LogP contribution in [0.15, 0.2) is 35.5 Å². The lowest BCUT2D eigenvalue weighted by Gasteiger charge is -1.87. The predicted molar refractivity (Wildman–Crippen MR) is 120 cm³/mol. The molecule has 0 saturated carbocycles. The van der Waals surface area contributed by atoms with E-state index in [2.05, 4.69) is 45.5 Å². The Kier molecular flexibility index (Phi) is 6.16. The molecule has 6 heterocycles. The van der Waals surface area contributed by atoms with E-state index in [9.17, 15) is 0 Å². The molecule has 150 valence electrons. The first-order chi connectivity index (χ1) is 14.6. The van der Waals surface area contributed by atoms with Crippen LogP contribution in [0.4, 0.5) is 0 Å². The van der Waals surface area contributed by atoms with Crippen molar-refractivity contribution in [2.75, 3.05) is 0 Å². The van der Waals surface area contributed by atoms with Gasteiger partial charge in [-0.15, -0.1) is 49.3 Å². The molecule has 0 fully saturated rings. The van der Waals surface area contributed by atoms with Crippen LogP contribution in [-0.2, 0) is 0 Å². The van der Waals surface area contributed by atoms with Crippen molar-refractivity contribution in [2.24, 2.45) is 0 Å². The molecule has 9 nitrogen and oxygen atoms in total. The minimum Gasteiger partial charge on any atom is -0.223 e. The van der Waals surface area contributed by atoms with Gasteiger partial charge in [0, 0.05) is 0 Å². The van der Waals surface area contributed by atoms with E-state index in [4.69, 9.17) is 0 Å². The lowest BCUT2D eigenvalue weighted by Crippen LogP contribution is -1.84. The summed E-state index contributed by atoms with van der Waals surface area (Å²) < 4.78 is 3.34. The number of hydrogen-bond acceptors (Lipinski definition) is 12. The molecular weight excluding hydrogens is 438 g/mol. The fraction of sp³-hybridized carbons (Fsp3) is 0.167. The Bertz CT molecular complexity index is 1370. The van der Waals surface area contributed by atoms with E-state index in [1.54, 1.807) is 57.4 Å². The molecule has 0 aliphatic carbocycles. The van der Waals surface area contributed by atoms with E-state index in [1.165, 1.54) is 0 Å². The highest BCUT2D eigenvalue weighted by Crippen LogP contribution is 2.18. The van der Waals surface area contributed by atoms with Gasteiger partial charge in [0.05, 0.1) is 48.2 Å². The van der Waals surface area contributed by atoms with Crippen LogP contribution in [0.25, 0.3) is 31.0 Å². The third-order valence-corrected chi connectivity index (χ3v) is 6.36. The zero-order valence-corrected chi connectivity index (χ0v) is 18.7. The molecular formula is C18H15N9S3. The quantitative estimate of drug-likeness (QED) is 0.334. The summed E-state index contributed by atoms with van der Waals surface area (Å²) in [6, 6.07) is 3.91. The summed E-state index contributed by atoms with van der Waals surface area (Å²) in [6.45, 7) is 5.90. The maximum atomic E-state index is 4.16. The number of aromatic nitrogens is 9.